The molecule has 0 radical (unpaired) electrons. The van der Waals surface area contributed by atoms with Crippen molar-refractivity contribution in [3.8, 4) is 5.75 Å². The number of rotatable bonds is 5. The molecule has 1 N–H and O–H groups in total. The van der Waals surface area contributed by atoms with Crippen molar-refractivity contribution in [1.82, 2.24) is 4.31 Å². The van der Waals surface area contributed by atoms with Gasteiger partial charge in [0.2, 0.25) is 10.0 Å². The maximum atomic E-state index is 13.3. The highest BCUT2D eigenvalue weighted by atomic mass is 32.2. The molecule has 2 aromatic rings. The molecule has 0 aromatic heterocycles. The minimum atomic E-state index is -3.75. The molecule has 0 aliphatic carbocycles. The molecule has 0 atom stereocenters. The Morgan fingerprint density at radius 3 is 2.54 bits per heavy atom. The van der Waals surface area contributed by atoms with E-state index in [1.807, 2.05) is 0 Å². The number of hydrogen-bond donors (Lipinski definition) is 1. The molecule has 1 saturated heterocycles. The molecule has 0 bridgehead atoms. The second-order valence-electron chi connectivity index (χ2n) is 5.94. The Kier molecular flexibility index (Phi) is 5.24. The van der Waals surface area contributed by atoms with Crippen LogP contribution in [-0.4, -0.2) is 38.8 Å². The van der Waals surface area contributed by atoms with Crippen LogP contribution in [0.1, 0.15) is 23.2 Å². The Morgan fingerprint density at radius 1 is 1.15 bits per heavy atom. The molecule has 1 fully saturated rings. The molecule has 1 aliphatic heterocycles. The number of nitrogens with zero attached hydrogens (tertiary/aromatic N) is 1. The van der Waals surface area contributed by atoms with Crippen molar-refractivity contribution >= 4 is 21.6 Å². The summed E-state index contributed by atoms with van der Waals surface area (Å²) in [5, 5.41) is 2.56. The SMILES string of the molecule is COc1ccc(C(=O)Nc2cccc(F)c2)cc1S(=O)(=O)N1CCCC1. The summed E-state index contributed by atoms with van der Waals surface area (Å²) in [6, 6.07) is 9.68. The summed E-state index contributed by atoms with van der Waals surface area (Å²) in [5.41, 5.74) is 0.433. The minimum Gasteiger partial charge on any atom is -0.495 e. The molecule has 8 heteroatoms. The lowest BCUT2D eigenvalue weighted by atomic mass is 10.2. The number of anilines is 1. The molecule has 0 saturated carbocycles. The summed E-state index contributed by atoms with van der Waals surface area (Å²) in [5.74, 6) is -0.829. The molecule has 1 heterocycles. The molecular formula is C18H19FN2O4S. The van der Waals surface area contributed by atoms with Crippen molar-refractivity contribution in [1.29, 1.82) is 0 Å². The Hall–Kier alpha value is -2.45. The Morgan fingerprint density at radius 2 is 1.88 bits per heavy atom. The van der Waals surface area contributed by atoms with E-state index in [9.17, 15) is 17.6 Å². The van der Waals surface area contributed by atoms with Gasteiger partial charge in [-0.15, -0.1) is 0 Å². The molecule has 26 heavy (non-hydrogen) atoms. The summed E-state index contributed by atoms with van der Waals surface area (Å²) >= 11 is 0. The first-order valence-corrected chi connectivity index (χ1v) is 9.61. The lowest BCUT2D eigenvalue weighted by Crippen LogP contribution is -2.28. The van der Waals surface area contributed by atoms with Gasteiger partial charge in [0.25, 0.3) is 5.91 Å². The summed E-state index contributed by atoms with van der Waals surface area (Å²) in [7, 11) is -2.37. The second-order valence-corrected chi connectivity index (χ2v) is 7.85. The van der Waals surface area contributed by atoms with E-state index >= 15 is 0 Å². The van der Waals surface area contributed by atoms with Gasteiger partial charge < -0.3 is 10.1 Å². The van der Waals surface area contributed by atoms with E-state index in [0.717, 1.165) is 12.8 Å². The van der Waals surface area contributed by atoms with Crippen LogP contribution in [-0.2, 0) is 10.0 Å². The topological polar surface area (TPSA) is 75.7 Å². The number of halogens is 1. The number of nitrogens with one attached hydrogen (secondary N) is 1. The highest BCUT2D eigenvalue weighted by molar-refractivity contribution is 7.89. The van der Waals surface area contributed by atoms with Gasteiger partial charge in [0.15, 0.2) is 0 Å². The zero-order valence-corrected chi connectivity index (χ0v) is 15.1. The first-order valence-electron chi connectivity index (χ1n) is 8.17. The third-order valence-corrected chi connectivity index (χ3v) is 6.11. The van der Waals surface area contributed by atoms with Crippen LogP contribution < -0.4 is 10.1 Å². The van der Waals surface area contributed by atoms with E-state index in [4.69, 9.17) is 4.74 Å². The van der Waals surface area contributed by atoms with Crippen LogP contribution in [0.4, 0.5) is 10.1 Å². The summed E-state index contributed by atoms with van der Waals surface area (Å²) in [4.78, 5) is 12.4. The number of carbonyl (C=O) groups excluding carboxylic acids is 1. The first kappa shape index (κ1) is 18.3. The number of sulfonamides is 1. The Labute approximate surface area is 151 Å². The molecule has 1 aliphatic rings. The molecule has 138 valence electrons. The quantitative estimate of drug-likeness (QED) is 0.868. The lowest BCUT2D eigenvalue weighted by molar-refractivity contribution is 0.102. The van der Waals surface area contributed by atoms with Gasteiger partial charge >= 0.3 is 0 Å². The van der Waals surface area contributed by atoms with Crippen molar-refractivity contribution in [2.45, 2.75) is 17.7 Å². The van der Waals surface area contributed by atoms with Crippen LogP contribution in [0.5, 0.6) is 5.75 Å². The molecule has 0 unspecified atom stereocenters. The van der Waals surface area contributed by atoms with Crippen molar-refractivity contribution < 1.29 is 22.3 Å². The van der Waals surface area contributed by atoms with Gasteiger partial charge in [0, 0.05) is 24.3 Å². The zero-order valence-electron chi connectivity index (χ0n) is 14.2. The average molecular weight is 378 g/mol. The van der Waals surface area contributed by atoms with E-state index in [1.165, 1.54) is 47.8 Å². The zero-order chi connectivity index (χ0) is 18.7. The van der Waals surface area contributed by atoms with E-state index in [-0.39, 0.29) is 21.9 Å². The molecule has 0 spiro atoms. The van der Waals surface area contributed by atoms with Crippen LogP contribution >= 0.6 is 0 Å². The number of ether oxygens (including phenoxy) is 1. The van der Waals surface area contributed by atoms with E-state index in [2.05, 4.69) is 5.32 Å². The predicted octanol–water partition coefficient (Wildman–Crippen LogP) is 2.87. The number of methoxy groups -OCH3 is 1. The van der Waals surface area contributed by atoms with Crippen LogP contribution in [0.3, 0.4) is 0 Å². The number of amides is 1. The fourth-order valence-electron chi connectivity index (χ4n) is 2.86. The minimum absolute atomic E-state index is 0.0474. The number of hydrogen-bond acceptors (Lipinski definition) is 4. The van der Waals surface area contributed by atoms with Crippen LogP contribution in [0.15, 0.2) is 47.4 Å². The van der Waals surface area contributed by atoms with Gasteiger partial charge in [0.05, 0.1) is 7.11 Å². The van der Waals surface area contributed by atoms with Crippen molar-refractivity contribution in [3.05, 3.63) is 53.8 Å². The van der Waals surface area contributed by atoms with E-state index in [1.54, 1.807) is 6.07 Å². The fraction of sp³-hybridized carbons (Fsp3) is 0.278. The van der Waals surface area contributed by atoms with Gasteiger partial charge in [-0.3, -0.25) is 4.79 Å². The number of benzene rings is 2. The Balaban J connectivity index is 1.93. The summed E-state index contributed by atoms with van der Waals surface area (Å²) in [6.45, 7) is 0.899. The van der Waals surface area contributed by atoms with Crippen molar-refractivity contribution in [2.75, 3.05) is 25.5 Å². The third-order valence-electron chi connectivity index (χ3n) is 4.19. The van der Waals surface area contributed by atoms with Crippen LogP contribution in [0.25, 0.3) is 0 Å². The Bertz CT molecular complexity index is 925. The largest absolute Gasteiger partial charge is 0.495 e. The smallest absolute Gasteiger partial charge is 0.255 e. The molecular weight excluding hydrogens is 359 g/mol. The average Bonchev–Trinajstić information content (AvgIpc) is 3.16. The highest BCUT2D eigenvalue weighted by Gasteiger charge is 2.30. The van der Waals surface area contributed by atoms with Gasteiger partial charge in [-0.25, -0.2) is 12.8 Å². The van der Waals surface area contributed by atoms with E-state index in [0.29, 0.717) is 13.1 Å². The van der Waals surface area contributed by atoms with Crippen LogP contribution in [0, 0.1) is 5.82 Å². The summed E-state index contributed by atoms with van der Waals surface area (Å²) < 4.78 is 45.5. The molecule has 3 rings (SSSR count). The molecule has 6 nitrogen and oxygen atoms in total. The standard InChI is InChI=1S/C18H19FN2O4S/c1-25-16-8-7-13(18(22)20-15-6-4-5-14(19)12-15)11-17(16)26(23,24)21-9-2-3-10-21/h4-8,11-12H,2-3,9-10H2,1H3,(H,20,22). The monoisotopic (exact) mass is 378 g/mol. The normalized spacial score (nSPS) is 15.0. The highest BCUT2D eigenvalue weighted by Crippen LogP contribution is 2.30. The molecule has 1 amide bonds. The predicted molar refractivity (Wildman–Crippen MR) is 95.3 cm³/mol. The number of carbonyl (C=O) groups is 1. The van der Waals surface area contributed by atoms with Crippen molar-refractivity contribution in [3.63, 3.8) is 0 Å². The lowest BCUT2D eigenvalue weighted by Gasteiger charge is -2.18. The summed E-state index contributed by atoms with van der Waals surface area (Å²) in [6.07, 6.45) is 1.61. The fourth-order valence-corrected chi connectivity index (χ4v) is 4.56. The van der Waals surface area contributed by atoms with Gasteiger partial charge in [0.1, 0.15) is 16.5 Å². The van der Waals surface area contributed by atoms with Gasteiger partial charge in [-0.05, 0) is 49.2 Å². The maximum Gasteiger partial charge on any atom is 0.255 e. The molecule has 2 aromatic carbocycles. The maximum absolute atomic E-state index is 13.3. The second kappa shape index (κ2) is 7.43. The first-order chi connectivity index (χ1) is 12.4. The van der Waals surface area contributed by atoms with E-state index < -0.39 is 21.7 Å². The van der Waals surface area contributed by atoms with Crippen LogP contribution in [0.2, 0.25) is 0 Å². The van der Waals surface area contributed by atoms with Crippen molar-refractivity contribution in [2.24, 2.45) is 0 Å². The third kappa shape index (κ3) is 3.71. The van der Waals surface area contributed by atoms with Gasteiger partial charge in [-0.1, -0.05) is 6.07 Å². The van der Waals surface area contributed by atoms with Gasteiger partial charge in [-0.2, -0.15) is 4.31 Å².